The van der Waals surface area contributed by atoms with Gasteiger partial charge in [0.1, 0.15) is 0 Å². The minimum absolute atomic E-state index is 0.0769. The zero-order valence-electron chi connectivity index (χ0n) is 11.0. The molecule has 1 aromatic rings. The van der Waals surface area contributed by atoms with Crippen molar-refractivity contribution in [1.29, 1.82) is 0 Å². The van der Waals surface area contributed by atoms with Crippen molar-refractivity contribution in [2.24, 2.45) is 5.73 Å². The first-order chi connectivity index (χ1) is 8.96. The third-order valence-corrected chi connectivity index (χ3v) is 6.45. The second-order valence-electron chi connectivity index (χ2n) is 4.93. The van der Waals surface area contributed by atoms with Gasteiger partial charge in [0.2, 0.25) is 10.0 Å². The Morgan fingerprint density at radius 1 is 1.42 bits per heavy atom. The number of halogens is 1. The molecule has 106 valence electrons. The third-order valence-electron chi connectivity index (χ3n) is 3.52. The van der Waals surface area contributed by atoms with Gasteiger partial charge in [-0.2, -0.15) is 4.31 Å². The van der Waals surface area contributed by atoms with Crippen LogP contribution in [0.4, 0.5) is 0 Å². The molecule has 2 rings (SSSR count). The minimum atomic E-state index is -3.46. The topological polar surface area (TPSA) is 63.4 Å². The maximum absolute atomic E-state index is 12.7. The van der Waals surface area contributed by atoms with Gasteiger partial charge in [0.15, 0.2) is 0 Å². The summed E-state index contributed by atoms with van der Waals surface area (Å²) >= 11 is 3.35. The van der Waals surface area contributed by atoms with E-state index in [-0.39, 0.29) is 6.04 Å². The number of nitrogens with two attached hydrogens (primary N) is 1. The molecule has 1 heterocycles. The summed E-state index contributed by atoms with van der Waals surface area (Å²) < 4.78 is 27.6. The molecule has 1 saturated heterocycles. The van der Waals surface area contributed by atoms with Crippen LogP contribution in [-0.2, 0) is 10.0 Å². The molecule has 0 unspecified atom stereocenters. The Morgan fingerprint density at radius 2 is 2.16 bits per heavy atom. The molecule has 0 saturated carbocycles. The average Bonchev–Trinajstić information content (AvgIpc) is 2.38. The number of sulfonamides is 1. The predicted molar refractivity (Wildman–Crippen MR) is 79.5 cm³/mol. The first-order valence-electron chi connectivity index (χ1n) is 6.45. The van der Waals surface area contributed by atoms with Crippen molar-refractivity contribution in [1.82, 2.24) is 4.31 Å². The van der Waals surface area contributed by atoms with E-state index < -0.39 is 10.0 Å². The van der Waals surface area contributed by atoms with Crippen molar-refractivity contribution in [2.75, 3.05) is 13.1 Å². The quantitative estimate of drug-likeness (QED) is 0.912. The summed E-state index contributed by atoms with van der Waals surface area (Å²) in [6, 6.07) is 5.23. The zero-order chi connectivity index (χ0) is 14.0. The number of piperidine rings is 1. The molecule has 1 aliphatic heterocycles. The van der Waals surface area contributed by atoms with Crippen LogP contribution in [0.1, 0.15) is 24.8 Å². The normalized spacial score (nSPS) is 21.5. The molecule has 0 radical (unpaired) electrons. The van der Waals surface area contributed by atoms with E-state index in [1.807, 2.05) is 19.1 Å². The van der Waals surface area contributed by atoms with Gasteiger partial charge in [-0.15, -0.1) is 0 Å². The first-order valence-corrected chi connectivity index (χ1v) is 8.68. The van der Waals surface area contributed by atoms with Crippen LogP contribution in [0.5, 0.6) is 0 Å². The van der Waals surface area contributed by atoms with Crippen LogP contribution in [0.25, 0.3) is 0 Å². The van der Waals surface area contributed by atoms with Gasteiger partial charge in [0.05, 0.1) is 4.90 Å². The fraction of sp³-hybridized carbons (Fsp3) is 0.538. The molecule has 6 heteroatoms. The van der Waals surface area contributed by atoms with Gasteiger partial charge in [-0.25, -0.2) is 8.42 Å². The summed E-state index contributed by atoms with van der Waals surface area (Å²) in [4.78, 5) is 0.332. The summed E-state index contributed by atoms with van der Waals surface area (Å²) in [7, 11) is -3.46. The zero-order valence-corrected chi connectivity index (χ0v) is 13.4. The van der Waals surface area contributed by atoms with Gasteiger partial charge in [-0.3, -0.25) is 0 Å². The smallest absolute Gasteiger partial charge is 0.244 e. The summed E-state index contributed by atoms with van der Waals surface area (Å²) in [5.74, 6) is 0. The molecule has 1 fully saturated rings. The molecule has 0 amide bonds. The van der Waals surface area contributed by atoms with E-state index in [2.05, 4.69) is 15.9 Å². The number of nitrogens with zero attached hydrogens (tertiary/aromatic N) is 1. The van der Waals surface area contributed by atoms with E-state index in [9.17, 15) is 8.42 Å². The maximum Gasteiger partial charge on any atom is 0.244 e. The SMILES string of the molecule is Cc1ccc(S(=O)(=O)N2CCCC[C@H]2CN)c(Br)c1. The lowest BCUT2D eigenvalue weighted by atomic mass is 10.1. The molecule has 1 aromatic carbocycles. The summed E-state index contributed by atoms with van der Waals surface area (Å²) in [6.07, 6.45) is 2.79. The average molecular weight is 347 g/mol. The number of hydrogen-bond acceptors (Lipinski definition) is 3. The Kier molecular flexibility index (Phi) is 4.66. The minimum Gasteiger partial charge on any atom is -0.329 e. The molecule has 0 aromatic heterocycles. The molecule has 2 N–H and O–H groups in total. The standard InChI is InChI=1S/C13H19BrN2O2S/c1-10-5-6-13(12(14)8-10)19(17,18)16-7-3-2-4-11(16)9-15/h5-6,8,11H,2-4,7,9,15H2,1H3/t11-/m0/s1. The fourth-order valence-electron chi connectivity index (χ4n) is 2.47. The van der Waals surface area contributed by atoms with Gasteiger partial charge >= 0.3 is 0 Å². The van der Waals surface area contributed by atoms with Crippen molar-refractivity contribution in [2.45, 2.75) is 37.1 Å². The lowest BCUT2D eigenvalue weighted by Gasteiger charge is -2.34. The van der Waals surface area contributed by atoms with Gasteiger partial charge in [-0.05, 0) is 53.4 Å². The maximum atomic E-state index is 12.7. The molecular weight excluding hydrogens is 328 g/mol. The van der Waals surface area contributed by atoms with Crippen molar-refractivity contribution in [3.8, 4) is 0 Å². The van der Waals surface area contributed by atoms with Crippen LogP contribution in [0.3, 0.4) is 0 Å². The highest BCUT2D eigenvalue weighted by atomic mass is 79.9. The largest absolute Gasteiger partial charge is 0.329 e. The Balaban J connectivity index is 2.40. The van der Waals surface area contributed by atoms with Gasteiger partial charge in [0.25, 0.3) is 0 Å². The Hall–Kier alpha value is -0.430. The Labute approximate surface area is 123 Å². The van der Waals surface area contributed by atoms with E-state index in [4.69, 9.17) is 5.73 Å². The second-order valence-corrected chi connectivity index (χ2v) is 7.65. The molecule has 1 atom stereocenters. The summed E-state index contributed by atoms with van der Waals surface area (Å²) in [6.45, 7) is 2.87. The lowest BCUT2D eigenvalue weighted by molar-refractivity contribution is 0.257. The third kappa shape index (κ3) is 3.02. The highest BCUT2D eigenvalue weighted by Crippen LogP contribution is 2.30. The summed E-state index contributed by atoms with van der Waals surface area (Å²) in [5.41, 5.74) is 6.74. The monoisotopic (exact) mass is 346 g/mol. The molecule has 1 aliphatic rings. The lowest BCUT2D eigenvalue weighted by Crippen LogP contribution is -2.47. The van der Waals surface area contributed by atoms with Crippen LogP contribution in [0.2, 0.25) is 0 Å². The van der Waals surface area contributed by atoms with Crippen molar-refractivity contribution in [3.63, 3.8) is 0 Å². The van der Waals surface area contributed by atoms with E-state index in [0.717, 1.165) is 24.8 Å². The molecule has 0 aliphatic carbocycles. The molecule has 0 bridgehead atoms. The van der Waals surface area contributed by atoms with Crippen LogP contribution in [0, 0.1) is 6.92 Å². The second kappa shape index (κ2) is 5.91. The highest BCUT2D eigenvalue weighted by Gasteiger charge is 2.33. The molecule has 4 nitrogen and oxygen atoms in total. The predicted octanol–water partition coefficient (Wildman–Crippen LogP) is 2.26. The van der Waals surface area contributed by atoms with Gasteiger partial charge in [0, 0.05) is 23.6 Å². The van der Waals surface area contributed by atoms with Crippen molar-refractivity contribution >= 4 is 26.0 Å². The van der Waals surface area contributed by atoms with Crippen LogP contribution in [-0.4, -0.2) is 31.9 Å². The van der Waals surface area contributed by atoms with E-state index in [1.165, 1.54) is 0 Å². The summed E-state index contributed by atoms with van der Waals surface area (Å²) in [5, 5.41) is 0. The fourth-order valence-corrected chi connectivity index (χ4v) is 5.33. The van der Waals surface area contributed by atoms with Crippen LogP contribution in [0.15, 0.2) is 27.6 Å². The number of hydrogen-bond donors (Lipinski definition) is 1. The van der Waals surface area contributed by atoms with Gasteiger partial charge in [-0.1, -0.05) is 12.5 Å². The Morgan fingerprint density at radius 3 is 2.79 bits per heavy atom. The van der Waals surface area contributed by atoms with Crippen molar-refractivity contribution in [3.05, 3.63) is 28.2 Å². The molecule has 0 spiro atoms. The number of benzene rings is 1. The van der Waals surface area contributed by atoms with Gasteiger partial charge < -0.3 is 5.73 Å². The Bertz CT molecular complexity index is 560. The van der Waals surface area contributed by atoms with Crippen LogP contribution < -0.4 is 5.73 Å². The number of aryl methyl sites for hydroxylation is 1. The number of rotatable bonds is 3. The van der Waals surface area contributed by atoms with Crippen molar-refractivity contribution < 1.29 is 8.42 Å². The molecular formula is C13H19BrN2O2S. The first kappa shape index (κ1) is 15.0. The van der Waals surface area contributed by atoms with E-state index >= 15 is 0 Å². The van der Waals surface area contributed by atoms with Crippen LogP contribution >= 0.6 is 15.9 Å². The van der Waals surface area contributed by atoms with E-state index in [0.29, 0.717) is 22.5 Å². The molecule has 19 heavy (non-hydrogen) atoms. The van der Waals surface area contributed by atoms with E-state index in [1.54, 1.807) is 10.4 Å². The highest BCUT2D eigenvalue weighted by molar-refractivity contribution is 9.10.